The maximum Gasteiger partial charge on any atom is 0.226 e. The molecule has 0 amide bonds. The summed E-state index contributed by atoms with van der Waals surface area (Å²) in [6.07, 6.45) is 10.7. The second-order valence-electron chi connectivity index (χ2n) is 9.53. The molecule has 4 aromatic rings. The lowest BCUT2D eigenvalue weighted by Gasteiger charge is -2.17. The van der Waals surface area contributed by atoms with Gasteiger partial charge in [-0.2, -0.15) is 9.97 Å². The summed E-state index contributed by atoms with van der Waals surface area (Å²) in [6, 6.07) is 8.14. The Morgan fingerprint density at radius 2 is 1.97 bits per heavy atom. The number of nitrogens with zero attached hydrogens (tertiary/aromatic N) is 5. The molecule has 0 unspecified atom stereocenters. The van der Waals surface area contributed by atoms with Crippen LogP contribution in [0.4, 0.5) is 11.8 Å². The number of pyridine rings is 1. The maximum atomic E-state index is 10.0. The minimum absolute atomic E-state index is 0.426. The molecule has 9 nitrogen and oxygen atoms in total. The van der Waals surface area contributed by atoms with E-state index in [0.29, 0.717) is 37.3 Å². The van der Waals surface area contributed by atoms with Crippen molar-refractivity contribution in [2.24, 2.45) is 0 Å². The largest absolute Gasteiger partial charge is 0.463 e. The number of hydrogen-bond donors (Lipinski definition) is 3. The predicted molar refractivity (Wildman–Crippen MR) is 131 cm³/mol. The van der Waals surface area contributed by atoms with Gasteiger partial charge >= 0.3 is 0 Å². The van der Waals surface area contributed by atoms with Gasteiger partial charge in [-0.3, -0.25) is 4.98 Å². The molecule has 0 aliphatic heterocycles. The van der Waals surface area contributed by atoms with Gasteiger partial charge in [0.05, 0.1) is 18.2 Å². The van der Waals surface area contributed by atoms with Gasteiger partial charge in [-0.1, -0.05) is 18.9 Å². The highest BCUT2D eigenvalue weighted by Crippen LogP contribution is 2.33. The van der Waals surface area contributed by atoms with Gasteiger partial charge in [0.2, 0.25) is 5.95 Å². The molecule has 0 bridgehead atoms. The summed E-state index contributed by atoms with van der Waals surface area (Å²) in [6.45, 7) is 4.72. The molecule has 0 spiro atoms. The number of aliphatic hydroxyl groups is 1. The Balaban J connectivity index is 1.38. The second kappa shape index (κ2) is 9.42. The number of rotatable bonds is 9. The molecular weight excluding hydrogens is 430 g/mol. The predicted octanol–water partition coefficient (Wildman–Crippen LogP) is 4.78. The molecule has 0 aromatic carbocycles. The summed E-state index contributed by atoms with van der Waals surface area (Å²) in [5.74, 6) is 1.96. The van der Waals surface area contributed by atoms with E-state index < -0.39 is 5.60 Å². The quantitative estimate of drug-likeness (QED) is 0.326. The highest BCUT2D eigenvalue weighted by molar-refractivity contribution is 5.84. The first-order chi connectivity index (χ1) is 16.5. The van der Waals surface area contributed by atoms with Gasteiger partial charge in [0, 0.05) is 25.3 Å². The van der Waals surface area contributed by atoms with Crippen molar-refractivity contribution in [1.29, 1.82) is 0 Å². The van der Waals surface area contributed by atoms with E-state index in [-0.39, 0.29) is 0 Å². The monoisotopic (exact) mass is 461 g/mol. The first-order valence-corrected chi connectivity index (χ1v) is 11.9. The molecule has 4 heterocycles. The van der Waals surface area contributed by atoms with Gasteiger partial charge in [0.1, 0.15) is 5.69 Å². The number of fused-ring (bicyclic) bond motifs is 1. The van der Waals surface area contributed by atoms with E-state index >= 15 is 0 Å². The van der Waals surface area contributed by atoms with Crippen molar-refractivity contribution in [2.45, 2.75) is 64.1 Å². The number of hydrogen-bond acceptors (Lipinski definition) is 8. The van der Waals surface area contributed by atoms with Gasteiger partial charge in [-0.05, 0) is 56.9 Å². The molecule has 1 aliphatic rings. The number of anilines is 2. The van der Waals surface area contributed by atoms with Crippen LogP contribution in [0.25, 0.3) is 22.6 Å². The van der Waals surface area contributed by atoms with Crippen molar-refractivity contribution < 1.29 is 9.52 Å². The maximum absolute atomic E-state index is 10.0. The van der Waals surface area contributed by atoms with Crippen LogP contribution in [0.3, 0.4) is 0 Å². The van der Waals surface area contributed by atoms with E-state index in [9.17, 15) is 5.11 Å². The highest BCUT2D eigenvalue weighted by Gasteiger charge is 2.22. The number of furan rings is 1. The third-order valence-electron chi connectivity index (χ3n) is 6.22. The molecule has 4 aromatic heterocycles. The summed E-state index contributed by atoms with van der Waals surface area (Å²) in [4.78, 5) is 18.7. The zero-order valence-corrected chi connectivity index (χ0v) is 19.7. The normalized spacial score (nSPS) is 14.7. The molecule has 34 heavy (non-hydrogen) atoms. The Labute approximate surface area is 198 Å². The third-order valence-corrected chi connectivity index (χ3v) is 6.22. The van der Waals surface area contributed by atoms with Crippen LogP contribution in [0, 0.1) is 0 Å². The Morgan fingerprint density at radius 1 is 1.12 bits per heavy atom. The Hall–Kier alpha value is -3.46. The molecular formula is C25H31N7O2. The molecule has 178 valence electrons. The van der Waals surface area contributed by atoms with Gasteiger partial charge in [-0.25, -0.2) is 4.98 Å². The number of aromatic nitrogens is 5. The summed E-state index contributed by atoms with van der Waals surface area (Å²) < 4.78 is 7.61. The Kier molecular flexibility index (Phi) is 6.19. The van der Waals surface area contributed by atoms with Crippen molar-refractivity contribution in [3.05, 3.63) is 48.6 Å². The molecule has 3 N–H and O–H groups in total. The Bertz CT molecular complexity index is 1220. The van der Waals surface area contributed by atoms with Crippen molar-refractivity contribution in [2.75, 3.05) is 17.2 Å². The van der Waals surface area contributed by atoms with Crippen LogP contribution in [0.5, 0.6) is 0 Å². The molecule has 9 heteroatoms. The lowest BCUT2D eigenvalue weighted by molar-refractivity contribution is 0.0748. The number of imidazole rings is 1. The van der Waals surface area contributed by atoms with Crippen LogP contribution >= 0.6 is 0 Å². The molecule has 1 fully saturated rings. The topological polar surface area (TPSA) is 114 Å². The summed E-state index contributed by atoms with van der Waals surface area (Å²) in [7, 11) is 0. The van der Waals surface area contributed by atoms with Crippen molar-refractivity contribution in [1.82, 2.24) is 24.5 Å². The van der Waals surface area contributed by atoms with Crippen molar-refractivity contribution in [3.8, 4) is 11.5 Å². The molecule has 1 aliphatic carbocycles. The van der Waals surface area contributed by atoms with E-state index in [2.05, 4.69) is 25.2 Å². The van der Waals surface area contributed by atoms with Crippen LogP contribution in [-0.2, 0) is 6.54 Å². The molecule has 0 saturated heterocycles. The van der Waals surface area contributed by atoms with E-state index in [1.807, 2.05) is 36.8 Å². The number of nitrogens with one attached hydrogen (secondary N) is 2. The fourth-order valence-corrected chi connectivity index (χ4v) is 4.33. The minimum Gasteiger partial charge on any atom is -0.463 e. The van der Waals surface area contributed by atoms with Crippen molar-refractivity contribution in [3.63, 3.8) is 0 Å². The highest BCUT2D eigenvalue weighted by atomic mass is 16.3. The first-order valence-electron chi connectivity index (χ1n) is 11.9. The van der Waals surface area contributed by atoms with Crippen molar-refractivity contribution >= 4 is 22.9 Å². The molecule has 1 saturated carbocycles. The summed E-state index contributed by atoms with van der Waals surface area (Å²) >= 11 is 0. The van der Waals surface area contributed by atoms with Crippen LogP contribution in [0.2, 0.25) is 0 Å². The van der Waals surface area contributed by atoms with Crippen LogP contribution < -0.4 is 10.6 Å². The average Bonchev–Trinajstić information content (AvgIpc) is 3.58. The van der Waals surface area contributed by atoms with Crippen LogP contribution in [-0.4, -0.2) is 41.8 Å². The minimum atomic E-state index is -0.751. The standard InChI is InChI=1S/C25H31N7O2/c1-25(2,33)11-12-26-24-30-22(21-23(31-24)32(16-29-21)18-6-3-4-7-18)28-15-17-9-10-19(27-14-17)20-8-5-13-34-20/h5,8-10,13-14,16,18,33H,3-4,6-7,11-12,15H2,1-2H3,(H2,26,28,30,31). The lowest BCUT2D eigenvalue weighted by Crippen LogP contribution is -2.23. The Morgan fingerprint density at radius 3 is 2.68 bits per heavy atom. The average molecular weight is 462 g/mol. The van der Waals surface area contributed by atoms with E-state index in [1.54, 1.807) is 20.1 Å². The van der Waals surface area contributed by atoms with Crippen LogP contribution in [0.1, 0.15) is 57.6 Å². The summed E-state index contributed by atoms with van der Waals surface area (Å²) in [5.41, 5.74) is 2.67. The smallest absolute Gasteiger partial charge is 0.226 e. The molecule has 0 radical (unpaired) electrons. The molecule has 5 rings (SSSR count). The lowest BCUT2D eigenvalue weighted by atomic mass is 10.1. The van der Waals surface area contributed by atoms with Gasteiger partial charge < -0.3 is 24.7 Å². The van der Waals surface area contributed by atoms with Crippen LogP contribution in [0.15, 0.2) is 47.5 Å². The zero-order valence-electron chi connectivity index (χ0n) is 19.7. The summed E-state index contributed by atoms with van der Waals surface area (Å²) in [5, 5.41) is 16.8. The van der Waals surface area contributed by atoms with Gasteiger partial charge in [-0.15, -0.1) is 0 Å². The fourth-order valence-electron chi connectivity index (χ4n) is 4.33. The second-order valence-corrected chi connectivity index (χ2v) is 9.53. The van der Waals surface area contributed by atoms with Gasteiger partial charge in [0.25, 0.3) is 0 Å². The van der Waals surface area contributed by atoms with E-state index in [1.165, 1.54) is 12.8 Å². The fraction of sp³-hybridized carbons (Fsp3) is 0.440. The van der Waals surface area contributed by atoms with E-state index in [0.717, 1.165) is 41.0 Å². The van der Waals surface area contributed by atoms with Gasteiger partial charge in [0.15, 0.2) is 22.7 Å². The molecule has 0 atom stereocenters. The third kappa shape index (κ3) is 5.04. The SMILES string of the molecule is CC(C)(O)CCNc1nc(NCc2ccc(-c3ccco3)nc2)c2ncn(C3CCCC3)c2n1. The zero-order chi connectivity index (χ0) is 23.5. The van der Waals surface area contributed by atoms with E-state index in [4.69, 9.17) is 14.4 Å². The first kappa shape index (κ1) is 22.3.